The average Bonchev–Trinajstić information content (AvgIpc) is 2.48. The van der Waals surface area contributed by atoms with Crippen molar-refractivity contribution in [2.24, 2.45) is 0 Å². The van der Waals surface area contributed by atoms with Crippen LogP contribution in [0.25, 0.3) is 0 Å². The molecule has 0 aliphatic rings. The summed E-state index contributed by atoms with van der Waals surface area (Å²) in [5.74, 6) is -0.0135. The van der Waals surface area contributed by atoms with E-state index in [0.717, 1.165) is 5.69 Å². The Bertz CT molecular complexity index is 493. The highest BCUT2D eigenvalue weighted by Crippen LogP contribution is 2.13. The topological polar surface area (TPSA) is 61.4 Å². The number of nitrogens with zero attached hydrogens (tertiary/aromatic N) is 1. The van der Waals surface area contributed by atoms with Crippen molar-refractivity contribution in [1.82, 2.24) is 10.2 Å². The zero-order chi connectivity index (χ0) is 16.7. The number of amides is 2. The van der Waals surface area contributed by atoms with Crippen LogP contribution in [0.4, 0.5) is 5.69 Å². The zero-order valence-corrected chi connectivity index (χ0v) is 14.1. The first kappa shape index (κ1) is 18.0. The smallest absolute Gasteiger partial charge is 0.253 e. The molecule has 22 heavy (non-hydrogen) atoms. The van der Waals surface area contributed by atoms with Crippen LogP contribution in [0.15, 0.2) is 24.3 Å². The fraction of sp³-hybridized carbons (Fsp3) is 0.529. The van der Waals surface area contributed by atoms with Gasteiger partial charge in [-0.25, -0.2) is 0 Å². The summed E-state index contributed by atoms with van der Waals surface area (Å²) in [6.45, 7) is 11.0. The lowest BCUT2D eigenvalue weighted by Gasteiger charge is -2.19. The van der Waals surface area contributed by atoms with Gasteiger partial charge in [0.05, 0.1) is 0 Å². The molecule has 0 saturated heterocycles. The molecule has 5 nitrogen and oxygen atoms in total. The quantitative estimate of drug-likeness (QED) is 0.813. The summed E-state index contributed by atoms with van der Waals surface area (Å²) in [5.41, 5.74) is 1.48. The average molecular weight is 305 g/mol. The predicted molar refractivity (Wildman–Crippen MR) is 90.1 cm³/mol. The Morgan fingerprint density at radius 3 is 2.05 bits per heavy atom. The first-order valence-electron chi connectivity index (χ1n) is 7.85. The minimum atomic E-state index is -0.327. The molecule has 0 aliphatic heterocycles. The molecule has 1 rings (SSSR count). The molecule has 5 heteroatoms. The molecule has 1 unspecified atom stereocenters. The summed E-state index contributed by atoms with van der Waals surface area (Å²) in [6, 6.07) is 7.02. The molecule has 2 amide bonds. The molecule has 0 fully saturated rings. The van der Waals surface area contributed by atoms with Crippen LogP contribution in [0, 0.1) is 0 Å². The van der Waals surface area contributed by atoms with E-state index in [1.165, 1.54) is 0 Å². The summed E-state index contributed by atoms with van der Waals surface area (Å²) < 4.78 is 0. The lowest BCUT2D eigenvalue weighted by Crippen LogP contribution is -2.40. The molecule has 0 spiro atoms. The molecule has 2 N–H and O–H groups in total. The molecule has 0 aromatic heterocycles. The highest BCUT2D eigenvalue weighted by atomic mass is 16.2. The molecule has 0 aliphatic carbocycles. The molecular formula is C17H27N3O2. The normalized spacial score (nSPS) is 11.9. The summed E-state index contributed by atoms with van der Waals surface area (Å²) in [4.78, 5) is 25.9. The number of carbonyl (C=O) groups excluding carboxylic acids is 2. The number of rotatable bonds is 7. The van der Waals surface area contributed by atoms with E-state index in [0.29, 0.717) is 18.7 Å². The molecular weight excluding hydrogens is 278 g/mol. The Hall–Kier alpha value is -2.04. The van der Waals surface area contributed by atoms with Crippen molar-refractivity contribution >= 4 is 17.5 Å². The number of hydrogen-bond donors (Lipinski definition) is 2. The first-order chi connectivity index (χ1) is 10.4. The van der Waals surface area contributed by atoms with Crippen LogP contribution in [-0.2, 0) is 4.79 Å². The second-order valence-electron chi connectivity index (χ2n) is 5.58. The van der Waals surface area contributed by atoms with Crippen LogP contribution >= 0.6 is 0 Å². The third-order valence-corrected chi connectivity index (χ3v) is 3.39. The van der Waals surface area contributed by atoms with Crippen LogP contribution in [0.5, 0.6) is 0 Å². The van der Waals surface area contributed by atoms with Gasteiger partial charge in [-0.3, -0.25) is 9.59 Å². The molecule has 122 valence electrons. The van der Waals surface area contributed by atoms with E-state index in [1.807, 2.05) is 46.8 Å². The second kappa shape index (κ2) is 8.41. The first-order valence-corrected chi connectivity index (χ1v) is 7.85. The summed E-state index contributed by atoms with van der Waals surface area (Å²) >= 11 is 0. The SMILES string of the molecule is CCN(CC)C(=O)c1ccc(NC(C)C(=O)NC(C)C)cc1. The Balaban J connectivity index is 2.69. The van der Waals surface area contributed by atoms with Crippen LogP contribution in [-0.4, -0.2) is 41.9 Å². The Kier molecular flexibility index (Phi) is 6.89. The number of anilines is 1. The van der Waals surface area contributed by atoms with Crippen LogP contribution in [0.3, 0.4) is 0 Å². The lowest BCUT2D eigenvalue weighted by molar-refractivity contribution is -0.122. The predicted octanol–water partition coefficient (Wildman–Crippen LogP) is 2.49. The van der Waals surface area contributed by atoms with E-state index in [1.54, 1.807) is 17.0 Å². The Labute approximate surface area is 133 Å². The van der Waals surface area contributed by atoms with Gasteiger partial charge in [-0.1, -0.05) is 0 Å². The maximum absolute atomic E-state index is 12.2. The van der Waals surface area contributed by atoms with E-state index in [-0.39, 0.29) is 23.9 Å². The molecule has 1 aromatic rings. The minimum absolute atomic E-state index is 0.0298. The highest BCUT2D eigenvalue weighted by molar-refractivity contribution is 5.94. The van der Waals surface area contributed by atoms with Crippen molar-refractivity contribution in [3.63, 3.8) is 0 Å². The van der Waals surface area contributed by atoms with Gasteiger partial charge in [-0.15, -0.1) is 0 Å². The van der Waals surface area contributed by atoms with Crippen LogP contribution in [0.1, 0.15) is 45.0 Å². The second-order valence-corrected chi connectivity index (χ2v) is 5.58. The third kappa shape index (κ3) is 5.06. The van der Waals surface area contributed by atoms with Crippen molar-refractivity contribution in [2.75, 3.05) is 18.4 Å². The van der Waals surface area contributed by atoms with E-state index in [4.69, 9.17) is 0 Å². The van der Waals surface area contributed by atoms with E-state index in [2.05, 4.69) is 10.6 Å². The van der Waals surface area contributed by atoms with Gasteiger partial charge >= 0.3 is 0 Å². The van der Waals surface area contributed by atoms with Gasteiger partial charge in [0.2, 0.25) is 5.91 Å². The van der Waals surface area contributed by atoms with Gasteiger partial charge in [0.1, 0.15) is 6.04 Å². The van der Waals surface area contributed by atoms with Gasteiger partial charge in [0.15, 0.2) is 0 Å². The maximum atomic E-state index is 12.2. The summed E-state index contributed by atoms with van der Waals surface area (Å²) in [6.07, 6.45) is 0. The lowest BCUT2D eigenvalue weighted by atomic mass is 10.1. The van der Waals surface area contributed by atoms with E-state index < -0.39 is 0 Å². The maximum Gasteiger partial charge on any atom is 0.253 e. The summed E-state index contributed by atoms with van der Waals surface area (Å²) in [7, 11) is 0. The molecule has 0 saturated carbocycles. The van der Waals surface area contributed by atoms with E-state index in [9.17, 15) is 9.59 Å². The number of nitrogens with one attached hydrogen (secondary N) is 2. The standard InChI is InChI=1S/C17H27N3O2/c1-6-20(7-2)17(22)14-8-10-15(11-9-14)19-13(5)16(21)18-12(3)4/h8-13,19H,6-7H2,1-5H3,(H,18,21). The zero-order valence-electron chi connectivity index (χ0n) is 14.1. The van der Waals surface area contributed by atoms with Crippen molar-refractivity contribution in [3.05, 3.63) is 29.8 Å². The summed E-state index contributed by atoms with van der Waals surface area (Å²) in [5, 5.41) is 5.99. The fourth-order valence-electron chi connectivity index (χ4n) is 2.13. The van der Waals surface area contributed by atoms with Crippen LogP contribution < -0.4 is 10.6 Å². The molecule has 1 atom stereocenters. The van der Waals surface area contributed by atoms with E-state index >= 15 is 0 Å². The third-order valence-electron chi connectivity index (χ3n) is 3.39. The van der Waals surface area contributed by atoms with Gasteiger partial charge in [0, 0.05) is 30.4 Å². The van der Waals surface area contributed by atoms with Gasteiger partial charge in [-0.2, -0.15) is 0 Å². The number of hydrogen-bond acceptors (Lipinski definition) is 3. The Morgan fingerprint density at radius 2 is 1.59 bits per heavy atom. The molecule has 0 bridgehead atoms. The van der Waals surface area contributed by atoms with Gasteiger partial charge < -0.3 is 15.5 Å². The molecule has 0 radical (unpaired) electrons. The Morgan fingerprint density at radius 1 is 1.05 bits per heavy atom. The fourth-order valence-corrected chi connectivity index (χ4v) is 2.13. The van der Waals surface area contributed by atoms with Gasteiger partial charge in [-0.05, 0) is 58.9 Å². The number of carbonyl (C=O) groups is 2. The minimum Gasteiger partial charge on any atom is -0.374 e. The van der Waals surface area contributed by atoms with Crippen molar-refractivity contribution < 1.29 is 9.59 Å². The monoisotopic (exact) mass is 305 g/mol. The highest BCUT2D eigenvalue weighted by Gasteiger charge is 2.15. The van der Waals surface area contributed by atoms with Crippen molar-refractivity contribution in [1.29, 1.82) is 0 Å². The van der Waals surface area contributed by atoms with Gasteiger partial charge in [0.25, 0.3) is 5.91 Å². The molecule has 0 heterocycles. The number of benzene rings is 1. The van der Waals surface area contributed by atoms with Crippen molar-refractivity contribution in [2.45, 2.75) is 46.7 Å². The van der Waals surface area contributed by atoms with Crippen LogP contribution in [0.2, 0.25) is 0 Å². The molecule has 1 aromatic carbocycles. The van der Waals surface area contributed by atoms with Crippen molar-refractivity contribution in [3.8, 4) is 0 Å². The largest absolute Gasteiger partial charge is 0.374 e.